The van der Waals surface area contributed by atoms with E-state index in [4.69, 9.17) is 4.42 Å². The van der Waals surface area contributed by atoms with E-state index in [0.29, 0.717) is 22.4 Å². The second kappa shape index (κ2) is 10.0. The second-order valence-corrected chi connectivity index (χ2v) is 8.59. The zero-order valence-electron chi connectivity index (χ0n) is 19.9. The lowest BCUT2D eigenvalue weighted by Crippen LogP contribution is -2.13. The van der Waals surface area contributed by atoms with E-state index in [-0.39, 0.29) is 17.5 Å². The van der Waals surface area contributed by atoms with E-state index < -0.39 is 23.4 Å². The van der Waals surface area contributed by atoms with Gasteiger partial charge in [0.15, 0.2) is 5.58 Å². The molecule has 4 aromatic carbocycles. The number of oxazole rings is 1. The summed E-state index contributed by atoms with van der Waals surface area (Å²) in [6.07, 6.45) is -0.0992. The molecule has 0 bridgehead atoms. The molecule has 5 rings (SSSR count). The summed E-state index contributed by atoms with van der Waals surface area (Å²) < 4.78 is 36.8. The minimum Gasteiger partial charge on any atom is -0.408 e. The molecule has 0 saturated carbocycles. The molecule has 182 valence electrons. The van der Waals surface area contributed by atoms with Gasteiger partial charge in [0.05, 0.1) is 17.3 Å². The van der Waals surface area contributed by atoms with Crippen LogP contribution in [-0.2, 0) is 13.5 Å². The molecule has 0 aliphatic heterocycles. The fourth-order valence-electron chi connectivity index (χ4n) is 4.25. The molecule has 1 aromatic heterocycles. The van der Waals surface area contributed by atoms with Gasteiger partial charge in [-0.1, -0.05) is 66.7 Å². The van der Waals surface area contributed by atoms with Crippen LogP contribution in [0.4, 0.5) is 8.78 Å². The third kappa shape index (κ3) is 4.82. The number of hydrogen-bond acceptors (Lipinski definition) is 4. The fraction of sp³-hybridized carbons (Fsp3) is 0.100. The maximum Gasteiger partial charge on any atom is 0.419 e. The van der Waals surface area contributed by atoms with Crippen LogP contribution in [0.3, 0.4) is 0 Å². The quantitative estimate of drug-likeness (QED) is 0.271. The van der Waals surface area contributed by atoms with Crippen molar-refractivity contribution in [3.63, 3.8) is 0 Å². The number of hydrogen-bond donors (Lipinski definition) is 0. The van der Waals surface area contributed by atoms with Gasteiger partial charge >= 0.3 is 5.76 Å². The first-order valence-electron chi connectivity index (χ1n) is 11.6. The Labute approximate surface area is 211 Å². The number of rotatable bonds is 6. The van der Waals surface area contributed by atoms with Gasteiger partial charge < -0.3 is 4.42 Å². The molecule has 0 saturated heterocycles. The van der Waals surface area contributed by atoms with Gasteiger partial charge in [-0.15, -0.1) is 0 Å². The average molecular weight is 494 g/mol. The first-order valence-corrected chi connectivity index (χ1v) is 11.6. The van der Waals surface area contributed by atoms with E-state index in [1.807, 2.05) is 60.7 Å². The van der Waals surface area contributed by atoms with Crippen molar-refractivity contribution >= 4 is 16.8 Å². The maximum atomic E-state index is 15.2. The highest BCUT2D eigenvalue weighted by Gasteiger charge is 2.18. The van der Waals surface area contributed by atoms with E-state index in [2.05, 4.69) is 11.1 Å². The highest BCUT2D eigenvalue weighted by Crippen LogP contribution is 2.29. The molecule has 1 atom stereocenters. The Bertz CT molecular complexity index is 1670. The summed E-state index contributed by atoms with van der Waals surface area (Å²) >= 11 is 0. The number of nitrogens with zero attached hydrogens (tertiary/aromatic N) is 3. The smallest absolute Gasteiger partial charge is 0.408 e. The number of benzene rings is 4. The minimum absolute atomic E-state index is 0.0445. The number of fused-ring (bicyclic) bond motifs is 1. The number of halogens is 2. The van der Waals surface area contributed by atoms with Gasteiger partial charge in [0, 0.05) is 30.2 Å². The van der Waals surface area contributed by atoms with Crippen LogP contribution in [0.1, 0.15) is 16.7 Å². The Morgan fingerprint density at radius 1 is 0.946 bits per heavy atom. The summed E-state index contributed by atoms with van der Waals surface area (Å²) in [5.41, 5.74) is 3.56. The Hall–Kier alpha value is -4.83. The summed E-state index contributed by atoms with van der Waals surface area (Å²) in [5, 5.41) is 9.84. The van der Waals surface area contributed by atoms with Gasteiger partial charge in [0.1, 0.15) is 17.7 Å². The minimum atomic E-state index is -0.938. The van der Waals surface area contributed by atoms with Gasteiger partial charge in [0.2, 0.25) is 0 Å². The van der Waals surface area contributed by atoms with E-state index in [1.165, 1.54) is 4.57 Å². The molecule has 0 amide bonds. The molecule has 0 spiro atoms. The molecule has 0 fully saturated rings. The van der Waals surface area contributed by atoms with E-state index >= 15 is 8.78 Å². The molecule has 0 N–H and O–H groups in total. The Kier molecular flexibility index (Phi) is 6.48. The van der Waals surface area contributed by atoms with Gasteiger partial charge in [0.25, 0.3) is 0 Å². The lowest BCUT2D eigenvalue weighted by atomic mass is 9.98. The van der Waals surface area contributed by atoms with Crippen LogP contribution in [0.5, 0.6) is 0 Å². The van der Waals surface area contributed by atoms with Gasteiger partial charge in [-0.2, -0.15) is 5.26 Å². The van der Waals surface area contributed by atoms with Crippen molar-refractivity contribution in [3.05, 3.63) is 130 Å². The number of aliphatic imine (C=N–C) groups is 1. The molecule has 5 nitrogen and oxygen atoms in total. The third-order valence-electron chi connectivity index (χ3n) is 6.18. The molecular weight excluding hydrogens is 472 g/mol. The first kappa shape index (κ1) is 23.9. The monoisotopic (exact) mass is 493 g/mol. The molecule has 7 heteroatoms. The van der Waals surface area contributed by atoms with E-state index in [1.54, 1.807) is 25.2 Å². The van der Waals surface area contributed by atoms with Gasteiger partial charge in [-0.05, 0) is 35.4 Å². The largest absolute Gasteiger partial charge is 0.419 e. The van der Waals surface area contributed by atoms with Crippen molar-refractivity contribution in [3.8, 4) is 17.2 Å². The topological polar surface area (TPSA) is 71.3 Å². The van der Waals surface area contributed by atoms with Crippen LogP contribution in [0.15, 0.2) is 105 Å². The molecule has 0 aliphatic carbocycles. The predicted octanol–water partition coefficient (Wildman–Crippen LogP) is 6.05. The fourth-order valence-corrected chi connectivity index (χ4v) is 4.25. The van der Waals surface area contributed by atoms with Crippen LogP contribution in [0, 0.1) is 23.0 Å². The maximum absolute atomic E-state index is 15.2. The average Bonchev–Trinajstić information content (AvgIpc) is 3.21. The third-order valence-corrected chi connectivity index (χ3v) is 6.18. The number of aryl methyl sites for hydroxylation is 1. The van der Waals surface area contributed by atoms with Crippen LogP contribution >= 0.6 is 0 Å². The highest BCUT2D eigenvalue weighted by molar-refractivity contribution is 6.13. The summed E-state index contributed by atoms with van der Waals surface area (Å²) in [5.74, 6) is -1.83. The zero-order chi connectivity index (χ0) is 25.9. The summed E-state index contributed by atoms with van der Waals surface area (Å²) in [6.45, 7) is 0. The molecule has 1 heterocycles. The van der Waals surface area contributed by atoms with Crippen LogP contribution in [0.25, 0.3) is 22.2 Å². The van der Waals surface area contributed by atoms with Crippen molar-refractivity contribution in [2.45, 2.75) is 12.5 Å². The van der Waals surface area contributed by atoms with Gasteiger partial charge in [-0.25, -0.2) is 13.6 Å². The first-order chi connectivity index (χ1) is 17.9. The van der Waals surface area contributed by atoms with Crippen LogP contribution in [0.2, 0.25) is 0 Å². The standard InChI is InChI=1S/C30H21F2N3O2/c1-35-27-16-21(12-13-28(27)37-30(35)36)24-17-25(31)22(15-26(24)32)14-23(18-33)34-29(19-8-4-2-5-9-19)20-10-6-3-7-11-20/h2-13,15-17,23H,14H2,1H3. The van der Waals surface area contributed by atoms with E-state index in [9.17, 15) is 10.1 Å². The molecular formula is C30H21F2N3O2. The van der Waals surface area contributed by atoms with Gasteiger partial charge in [-0.3, -0.25) is 9.56 Å². The van der Waals surface area contributed by atoms with Crippen molar-refractivity contribution in [2.75, 3.05) is 0 Å². The Morgan fingerprint density at radius 2 is 1.59 bits per heavy atom. The van der Waals surface area contributed by atoms with E-state index in [0.717, 1.165) is 23.3 Å². The summed E-state index contributed by atoms with van der Waals surface area (Å²) in [7, 11) is 1.54. The Morgan fingerprint density at radius 3 is 2.22 bits per heavy atom. The number of aromatic nitrogens is 1. The SMILES string of the molecule is Cn1c(=O)oc2ccc(-c3cc(F)c(CC(C#N)N=C(c4ccccc4)c4ccccc4)cc3F)cc21. The lowest BCUT2D eigenvalue weighted by molar-refractivity contribution is 0.528. The zero-order valence-corrected chi connectivity index (χ0v) is 19.9. The second-order valence-electron chi connectivity index (χ2n) is 8.59. The van der Waals surface area contributed by atoms with Crippen LogP contribution in [-0.4, -0.2) is 16.3 Å². The van der Waals surface area contributed by atoms with Crippen LogP contribution < -0.4 is 5.76 Å². The molecule has 1 unspecified atom stereocenters. The Balaban J connectivity index is 1.50. The molecule has 0 aliphatic rings. The lowest BCUT2D eigenvalue weighted by Gasteiger charge is -2.13. The highest BCUT2D eigenvalue weighted by atomic mass is 19.1. The predicted molar refractivity (Wildman–Crippen MR) is 138 cm³/mol. The van der Waals surface area contributed by atoms with Crippen molar-refractivity contribution in [1.29, 1.82) is 5.26 Å². The normalized spacial score (nSPS) is 11.7. The molecule has 0 radical (unpaired) electrons. The summed E-state index contributed by atoms with van der Waals surface area (Å²) in [6, 6.07) is 26.9. The molecule has 5 aromatic rings. The number of nitriles is 1. The van der Waals surface area contributed by atoms with Crippen molar-refractivity contribution < 1.29 is 13.2 Å². The molecule has 37 heavy (non-hydrogen) atoms. The summed E-state index contributed by atoms with van der Waals surface area (Å²) in [4.78, 5) is 16.4. The van der Waals surface area contributed by atoms with Crippen molar-refractivity contribution in [2.24, 2.45) is 12.0 Å². The van der Waals surface area contributed by atoms with Crippen molar-refractivity contribution in [1.82, 2.24) is 4.57 Å².